The Morgan fingerprint density at radius 2 is 1.50 bits per heavy atom. The predicted octanol–water partition coefficient (Wildman–Crippen LogP) is 6.01. The molecule has 0 N–H and O–H groups in total. The molecular weight excluding hydrogens is 411 g/mol. The first kappa shape index (κ1) is 21.4. The Bertz CT molecular complexity index is 1090. The van der Waals surface area contributed by atoms with E-state index in [2.05, 4.69) is 98.8 Å². The number of rotatable bonds is 5. The molecule has 3 aliphatic rings. The van der Waals surface area contributed by atoms with Gasteiger partial charge in [-0.25, -0.2) is 0 Å². The Hall–Kier alpha value is -2.44. The molecule has 3 aromatic carbocycles. The Balaban J connectivity index is 1.67. The van der Waals surface area contributed by atoms with Crippen molar-refractivity contribution in [1.29, 1.82) is 0 Å². The average Bonchev–Trinajstić information content (AvgIpc) is 2.85. The summed E-state index contributed by atoms with van der Waals surface area (Å²) >= 11 is 0. The molecule has 3 fully saturated rings. The summed E-state index contributed by atoms with van der Waals surface area (Å²) in [6.07, 6.45) is 2.24. The van der Waals surface area contributed by atoms with Crippen LogP contribution >= 0.6 is 7.92 Å². The van der Waals surface area contributed by atoms with Crippen molar-refractivity contribution >= 4 is 24.5 Å². The van der Waals surface area contributed by atoms with E-state index >= 15 is 0 Å². The number of hydrogen-bond donors (Lipinski definition) is 0. The predicted molar refractivity (Wildman–Crippen MR) is 134 cm³/mol. The molecule has 2 bridgehead atoms. The molecule has 2 nitrogen and oxygen atoms in total. The lowest BCUT2D eigenvalue weighted by atomic mass is 9.45. The Kier molecular flexibility index (Phi) is 5.68. The topological polar surface area (TPSA) is 26.3 Å². The number of benzene rings is 3. The van der Waals surface area contributed by atoms with Gasteiger partial charge in [-0.2, -0.15) is 0 Å². The van der Waals surface area contributed by atoms with Crippen molar-refractivity contribution in [2.45, 2.75) is 32.3 Å². The fraction of sp³-hybridized carbons (Fsp3) is 0.345. The summed E-state index contributed by atoms with van der Waals surface area (Å²) in [5, 5.41) is 2.72. The first-order chi connectivity index (χ1) is 15.5. The van der Waals surface area contributed by atoms with Crippen LogP contribution in [-0.4, -0.2) is 18.7 Å². The third kappa shape index (κ3) is 3.50. The van der Waals surface area contributed by atoms with Crippen LogP contribution in [0.5, 0.6) is 0 Å². The number of carbonyl (C=O) groups is 1. The van der Waals surface area contributed by atoms with Crippen molar-refractivity contribution in [3.63, 3.8) is 0 Å². The molecule has 3 aromatic rings. The van der Waals surface area contributed by atoms with Crippen molar-refractivity contribution in [2.75, 3.05) is 7.11 Å². The first-order valence-corrected chi connectivity index (χ1v) is 13.0. The zero-order valence-corrected chi connectivity index (χ0v) is 20.0. The number of carbonyl (C=O) groups excluding carboxylic acids is 1. The Labute approximate surface area is 192 Å². The summed E-state index contributed by atoms with van der Waals surface area (Å²) in [5.41, 5.74) is 3.03. The average molecular weight is 443 g/mol. The molecule has 0 spiro atoms. The van der Waals surface area contributed by atoms with Gasteiger partial charge in [-0.3, -0.25) is 4.79 Å². The molecule has 3 saturated carbocycles. The van der Waals surface area contributed by atoms with Crippen LogP contribution < -0.4 is 10.6 Å². The summed E-state index contributed by atoms with van der Waals surface area (Å²) in [4.78, 5) is 13.2. The van der Waals surface area contributed by atoms with Crippen LogP contribution in [0.2, 0.25) is 0 Å². The Morgan fingerprint density at radius 3 is 2.16 bits per heavy atom. The fourth-order valence-corrected chi connectivity index (χ4v) is 9.48. The van der Waals surface area contributed by atoms with Crippen molar-refractivity contribution in [3.05, 3.63) is 84.9 Å². The zero-order chi connectivity index (χ0) is 22.3. The van der Waals surface area contributed by atoms with E-state index in [1.807, 2.05) is 0 Å². The number of esters is 1. The van der Waals surface area contributed by atoms with E-state index in [-0.39, 0.29) is 17.3 Å². The number of hydrogen-bond acceptors (Lipinski definition) is 2. The summed E-state index contributed by atoms with van der Waals surface area (Å²) in [6.45, 7) is 4.70. The van der Waals surface area contributed by atoms with Crippen molar-refractivity contribution < 1.29 is 9.53 Å². The van der Waals surface area contributed by atoms with E-state index in [1.54, 1.807) is 7.11 Å². The van der Waals surface area contributed by atoms with Gasteiger partial charge in [0.05, 0.1) is 13.0 Å². The molecule has 3 heteroatoms. The van der Waals surface area contributed by atoms with Crippen molar-refractivity contribution in [2.24, 2.45) is 23.2 Å². The van der Waals surface area contributed by atoms with Crippen LogP contribution in [0.3, 0.4) is 0 Å². The molecular formula is C29H31O2P. The van der Waals surface area contributed by atoms with E-state index in [9.17, 15) is 4.79 Å². The minimum absolute atomic E-state index is 0.0214. The third-order valence-corrected chi connectivity index (χ3v) is 11.0. The number of fused-ring (bicyclic) bond motifs is 2. The lowest BCUT2D eigenvalue weighted by molar-refractivity contribution is -0.166. The second kappa shape index (κ2) is 8.49. The van der Waals surface area contributed by atoms with E-state index < -0.39 is 7.92 Å². The van der Waals surface area contributed by atoms with Crippen molar-refractivity contribution in [1.82, 2.24) is 0 Å². The third-order valence-electron chi connectivity index (χ3n) is 8.01. The fourth-order valence-electron chi connectivity index (χ4n) is 6.14. The minimum atomic E-state index is -0.729. The van der Waals surface area contributed by atoms with Gasteiger partial charge in [0.25, 0.3) is 0 Å². The highest BCUT2D eigenvalue weighted by atomic mass is 31.1. The molecule has 0 aliphatic heterocycles. The van der Waals surface area contributed by atoms with Gasteiger partial charge in [0.1, 0.15) is 0 Å². The van der Waals surface area contributed by atoms with Gasteiger partial charge in [0.2, 0.25) is 0 Å². The largest absolute Gasteiger partial charge is 0.469 e. The van der Waals surface area contributed by atoms with Crippen LogP contribution in [0.25, 0.3) is 11.1 Å². The van der Waals surface area contributed by atoms with Gasteiger partial charge >= 0.3 is 5.97 Å². The molecule has 3 aliphatic carbocycles. The normalized spacial score (nSPS) is 26.6. The van der Waals surface area contributed by atoms with Gasteiger partial charge in [0, 0.05) is 5.66 Å². The van der Waals surface area contributed by atoms with Gasteiger partial charge in [-0.15, -0.1) is 0 Å². The smallest absolute Gasteiger partial charge is 0.309 e. The zero-order valence-electron chi connectivity index (χ0n) is 19.1. The molecule has 1 unspecified atom stereocenters. The maximum Gasteiger partial charge on any atom is 0.309 e. The molecule has 0 radical (unpaired) electrons. The first-order valence-electron chi connectivity index (χ1n) is 11.6. The maximum atomic E-state index is 13.2. The standard InChI is InChI=1S/C29H31O2P/c1-29(2)21-18-24(29)27(28(30)31-3)26(19-21)32(22-14-8-5-9-15-22)25-17-11-10-16-23(25)20-12-6-4-7-13-20/h4-17,21,24,26-27H,18-19H2,1-3H3/t21-,24+,26+,27+,32?/m1/s1. The van der Waals surface area contributed by atoms with Crippen LogP contribution in [0, 0.1) is 23.2 Å². The van der Waals surface area contributed by atoms with Crippen LogP contribution in [-0.2, 0) is 9.53 Å². The van der Waals surface area contributed by atoms with E-state index in [0.717, 1.165) is 12.8 Å². The van der Waals surface area contributed by atoms with Crippen LogP contribution in [0.4, 0.5) is 0 Å². The Morgan fingerprint density at radius 1 is 0.875 bits per heavy atom. The molecule has 0 heterocycles. The van der Waals surface area contributed by atoms with Crippen LogP contribution in [0.1, 0.15) is 26.7 Å². The second-order valence-corrected chi connectivity index (χ2v) is 12.2. The monoisotopic (exact) mass is 442 g/mol. The highest BCUT2D eigenvalue weighted by molar-refractivity contribution is 7.74. The van der Waals surface area contributed by atoms with Crippen molar-refractivity contribution in [3.8, 4) is 11.1 Å². The highest BCUT2D eigenvalue weighted by Crippen LogP contribution is 2.67. The highest BCUT2D eigenvalue weighted by Gasteiger charge is 2.61. The van der Waals surface area contributed by atoms with E-state index in [1.165, 1.54) is 21.7 Å². The summed E-state index contributed by atoms with van der Waals surface area (Å²) in [5.74, 6) is 1.01. The number of methoxy groups -OCH3 is 1. The molecule has 164 valence electrons. The van der Waals surface area contributed by atoms with Gasteiger partial charge in [-0.05, 0) is 59.8 Å². The maximum absolute atomic E-state index is 13.2. The van der Waals surface area contributed by atoms with Gasteiger partial charge < -0.3 is 4.74 Å². The lowest BCUT2D eigenvalue weighted by Crippen LogP contribution is -2.60. The second-order valence-electron chi connectivity index (χ2n) is 9.80. The minimum Gasteiger partial charge on any atom is -0.469 e. The molecule has 0 saturated heterocycles. The van der Waals surface area contributed by atoms with E-state index in [0.29, 0.717) is 17.5 Å². The van der Waals surface area contributed by atoms with Crippen LogP contribution in [0.15, 0.2) is 84.9 Å². The molecule has 0 aromatic heterocycles. The van der Waals surface area contributed by atoms with Gasteiger partial charge in [-0.1, -0.05) is 98.8 Å². The SMILES string of the molecule is COC(=O)[C@@H]1[C@@H](P(c2ccccc2)c2ccccc2-c2ccccc2)C[C@H]2C[C@@H]1C2(C)C. The number of ether oxygens (including phenoxy) is 1. The molecule has 6 rings (SSSR count). The van der Waals surface area contributed by atoms with Gasteiger partial charge in [0.15, 0.2) is 0 Å². The summed E-state index contributed by atoms with van der Waals surface area (Å²) < 4.78 is 5.42. The molecule has 32 heavy (non-hydrogen) atoms. The summed E-state index contributed by atoms with van der Waals surface area (Å²) in [7, 11) is 0.826. The molecule has 5 atom stereocenters. The summed E-state index contributed by atoms with van der Waals surface area (Å²) in [6, 6.07) is 30.3. The lowest BCUT2D eigenvalue weighted by Gasteiger charge is -2.62. The molecule has 0 amide bonds. The quantitative estimate of drug-likeness (QED) is 0.357. The van der Waals surface area contributed by atoms with E-state index in [4.69, 9.17) is 4.74 Å².